The first-order valence-electron chi connectivity index (χ1n) is 21.0. The molecule has 3 unspecified atom stereocenters. The van der Waals surface area contributed by atoms with Crippen LogP contribution in [0.5, 0.6) is 0 Å². The van der Waals surface area contributed by atoms with Gasteiger partial charge in [0.15, 0.2) is 0 Å². The lowest BCUT2D eigenvalue weighted by molar-refractivity contribution is 0.337. The van der Waals surface area contributed by atoms with Gasteiger partial charge >= 0.3 is 0 Å². The van der Waals surface area contributed by atoms with E-state index in [2.05, 4.69) is 123 Å². The van der Waals surface area contributed by atoms with Gasteiger partial charge in [0.2, 0.25) is 0 Å². The average Bonchev–Trinajstić information content (AvgIpc) is 4.10. The van der Waals surface area contributed by atoms with E-state index < -0.39 is 0 Å². The first kappa shape index (κ1) is 40.2. The minimum absolute atomic E-state index is 0.286. The molecular weight excluding hydrogens is 869 g/mol. The molecule has 0 N–H and O–H groups in total. The molecule has 0 bridgehead atoms. The van der Waals surface area contributed by atoms with Gasteiger partial charge in [-0.2, -0.15) is 0 Å². The predicted molar refractivity (Wildman–Crippen MR) is 271 cm³/mol. The molecule has 8 heteroatoms. The summed E-state index contributed by atoms with van der Waals surface area (Å²) < 4.78 is 0. The SMILES string of the molecule is C=CCC1CCC(CCc2ccc(-c3ccc(-c4ccc(-c5ccc(-c6ccc(-c7ccc(-c8ccc(-c9ccc(C%10(CC)CCCC(=C)C%10)s9)s8)s7)s6)s5)s4)s3)s2)C1. The molecule has 3 atom stereocenters. The van der Waals surface area contributed by atoms with Crippen LogP contribution in [-0.4, -0.2) is 0 Å². The van der Waals surface area contributed by atoms with Crippen molar-refractivity contribution in [2.24, 2.45) is 11.8 Å². The summed E-state index contributed by atoms with van der Waals surface area (Å²) >= 11 is 15.5. The van der Waals surface area contributed by atoms with E-state index in [4.69, 9.17) is 0 Å². The van der Waals surface area contributed by atoms with E-state index in [0.717, 1.165) is 18.3 Å². The van der Waals surface area contributed by atoms with Crippen molar-refractivity contribution in [2.75, 3.05) is 0 Å². The predicted octanol–water partition coefficient (Wildman–Crippen LogP) is 19.6. The van der Waals surface area contributed by atoms with Crippen molar-refractivity contribution in [1.82, 2.24) is 0 Å². The molecule has 300 valence electrons. The maximum atomic E-state index is 4.38. The zero-order chi connectivity index (χ0) is 39.9. The van der Waals surface area contributed by atoms with Crippen LogP contribution in [0.4, 0.5) is 0 Å². The van der Waals surface area contributed by atoms with Gasteiger partial charge in [-0.3, -0.25) is 0 Å². The third kappa shape index (κ3) is 8.50. The standard InChI is InChI=1S/C51H48S8/c1-4-7-33-9-10-34(30-33)11-12-35-13-14-36(52-35)37-15-16-38(53-37)39-17-18-40(54-39)41-19-20-42(55-41)43-21-22-44(56-43)45-23-24-46(57-45)47-25-26-48(58-47)49-27-28-50(59-49)51(5-2)29-6-8-32(3)31-51/h4,13-28,33-34H,1,3,5-12,29-31H2,2H3. The van der Waals surface area contributed by atoms with Crippen LogP contribution in [0.1, 0.15) is 80.9 Å². The van der Waals surface area contributed by atoms with Gasteiger partial charge in [-0.15, -0.1) is 97.3 Å². The molecule has 2 aliphatic rings. The Kier molecular flexibility index (Phi) is 11.9. The van der Waals surface area contributed by atoms with Gasteiger partial charge in [0.25, 0.3) is 0 Å². The van der Waals surface area contributed by atoms with Crippen molar-refractivity contribution in [3.63, 3.8) is 0 Å². The summed E-state index contributed by atoms with van der Waals surface area (Å²) in [4.78, 5) is 22.2. The minimum Gasteiger partial charge on any atom is -0.139 e. The number of allylic oxidation sites excluding steroid dienone is 2. The van der Waals surface area contributed by atoms with Crippen molar-refractivity contribution in [1.29, 1.82) is 0 Å². The Hall–Kier alpha value is -2.92. The van der Waals surface area contributed by atoms with Crippen LogP contribution in [-0.2, 0) is 11.8 Å². The molecule has 0 aromatic carbocycles. The molecule has 0 radical (unpaired) electrons. The summed E-state index contributed by atoms with van der Waals surface area (Å²) in [6.07, 6.45) is 16.2. The number of aryl methyl sites for hydroxylation is 1. The largest absolute Gasteiger partial charge is 0.139 e. The van der Waals surface area contributed by atoms with E-state index >= 15 is 0 Å². The lowest BCUT2D eigenvalue weighted by Gasteiger charge is -2.37. The summed E-state index contributed by atoms with van der Waals surface area (Å²) in [5.74, 6) is 1.77. The van der Waals surface area contributed by atoms with Gasteiger partial charge in [-0.05, 0) is 173 Å². The summed E-state index contributed by atoms with van der Waals surface area (Å²) in [6.45, 7) is 10.7. The quantitative estimate of drug-likeness (QED) is 0.0954. The second-order valence-corrected chi connectivity index (χ2v) is 25.2. The first-order valence-corrected chi connectivity index (χ1v) is 27.5. The fourth-order valence-electron chi connectivity index (χ4n) is 9.27. The van der Waals surface area contributed by atoms with E-state index in [1.807, 2.05) is 90.7 Å². The van der Waals surface area contributed by atoms with Gasteiger partial charge in [-0.1, -0.05) is 31.6 Å². The number of rotatable bonds is 14. The summed E-state index contributed by atoms with van der Waals surface area (Å²) in [5.41, 5.74) is 1.72. The highest BCUT2D eigenvalue weighted by molar-refractivity contribution is 7.31. The van der Waals surface area contributed by atoms with Crippen LogP contribution in [0.25, 0.3) is 68.3 Å². The Morgan fingerprint density at radius 2 is 0.949 bits per heavy atom. The molecule has 8 heterocycles. The van der Waals surface area contributed by atoms with Crippen molar-refractivity contribution in [2.45, 2.75) is 83.0 Å². The molecule has 2 aliphatic carbocycles. The Balaban J connectivity index is 0.773. The zero-order valence-corrected chi connectivity index (χ0v) is 40.0. The molecule has 8 aromatic heterocycles. The molecule has 0 spiro atoms. The van der Waals surface area contributed by atoms with Crippen molar-refractivity contribution in [3.8, 4) is 68.3 Å². The van der Waals surface area contributed by atoms with Gasteiger partial charge in [0.1, 0.15) is 0 Å². The molecule has 2 saturated carbocycles. The summed E-state index contributed by atoms with van der Waals surface area (Å²) in [7, 11) is 0. The Morgan fingerprint density at radius 3 is 1.39 bits per heavy atom. The topological polar surface area (TPSA) is 0 Å². The Labute approximate surface area is 381 Å². The normalized spacial score (nSPS) is 19.6. The highest BCUT2D eigenvalue weighted by Gasteiger charge is 2.35. The third-order valence-corrected chi connectivity index (χ3v) is 22.9. The Morgan fingerprint density at radius 1 is 0.542 bits per heavy atom. The Bertz CT molecular complexity index is 2700. The zero-order valence-electron chi connectivity index (χ0n) is 33.4. The lowest BCUT2D eigenvalue weighted by atomic mass is 9.70. The van der Waals surface area contributed by atoms with Crippen molar-refractivity contribution >= 4 is 90.7 Å². The molecule has 8 aromatic rings. The summed E-state index contributed by atoms with van der Waals surface area (Å²) in [6, 6.07) is 37.3. The van der Waals surface area contributed by atoms with Crippen LogP contribution in [0.15, 0.2) is 122 Å². The maximum Gasteiger partial charge on any atom is 0.0449 e. The van der Waals surface area contributed by atoms with Gasteiger partial charge in [0, 0.05) is 83.4 Å². The second kappa shape index (κ2) is 17.5. The van der Waals surface area contributed by atoms with Gasteiger partial charge in [-0.25, -0.2) is 0 Å². The maximum absolute atomic E-state index is 4.38. The van der Waals surface area contributed by atoms with Crippen LogP contribution >= 0.6 is 90.7 Å². The molecule has 0 nitrogen and oxygen atoms in total. The number of hydrogen-bond donors (Lipinski definition) is 0. The second-order valence-electron chi connectivity index (χ2n) is 16.4. The van der Waals surface area contributed by atoms with Crippen LogP contribution in [0.3, 0.4) is 0 Å². The van der Waals surface area contributed by atoms with Crippen molar-refractivity contribution in [3.05, 3.63) is 132 Å². The fourth-order valence-corrected chi connectivity index (χ4v) is 18.3. The van der Waals surface area contributed by atoms with E-state index in [0.29, 0.717) is 0 Å². The lowest BCUT2D eigenvalue weighted by Crippen LogP contribution is -2.27. The molecule has 59 heavy (non-hydrogen) atoms. The molecule has 0 aliphatic heterocycles. The molecule has 0 amide bonds. The third-order valence-electron chi connectivity index (χ3n) is 12.5. The van der Waals surface area contributed by atoms with Gasteiger partial charge in [0.05, 0.1) is 0 Å². The number of hydrogen-bond acceptors (Lipinski definition) is 8. The van der Waals surface area contributed by atoms with E-state index in [1.165, 1.54) is 143 Å². The minimum atomic E-state index is 0.286. The molecular formula is C51H48S8. The fraction of sp³-hybridized carbons (Fsp3) is 0.294. The van der Waals surface area contributed by atoms with E-state index in [1.54, 1.807) is 4.88 Å². The van der Waals surface area contributed by atoms with Crippen LogP contribution in [0, 0.1) is 11.8 Å². The van der Waals surface area contributed by atoms with Crippen molar-refractivity contribution < 1.29 is 0 Å². The summed E-state index contributed by atoms with van der Waals surface area (Å²) in [5, 5.41) is 0. The van der Waals surface area contributed by atoms with Gasteiger partial charge < -0.3 is 0 Å². The van der Waals surface area contributed by atoms with Crippen LogP contribution in [0.2, 0.25) is 0 Å². The highest BCUT2D eigenvalue weighted by Crippen LogP contribution is 2.50. The van der Waals surface area contributed by atoms with Crippen LogP contribution < -0.4 is 0 Å². The molecule has 10 rings (SSSR count). The van der Waals surface area contributed by atoms with E-state index in [9.17, 15) is 0 Å². The monoisotopic (exact) mass is 916 g/mol. The molecule has 2 fully saturated rings. The average molecular weight is 917 g/mol. The van der Waals surface area contributed by atoms with E-state index in [-0.39, 0.29) is 5.41 Å². The smallest absolute Gasteiger partial charge is 0.0449 e. The highest BCUT2D eigenvalue weighted by atomic mass is 32.1. The number of thiophene rings is 8. The molecule has 0 saturated heterocycles. The first-order chi connectivity index (χ1) is 28.9.